The minimum absolute atomic E-state index is 0. The second-order valence-corrected chi connectivity index (χ2v) is 3.36. The molecular weight excluding hydrogens is 262 g/mol. The van der Waals surface area contributed by atoms with Crippen LogP contribution in [-0.4, -0.2) is 40.9 Å². The van der Waals surface area contributed by atoms with Crippen molar-refractivity contribution in [2.75, 3.05) is 12.5 Å². The van der Waals surface area contributed by atoms with Gasteiger partial charge in [0.2, 0.25) is 6.79 Å². The average Bonchev–Trinajstić information content (AvgIpc) is 2.13. The molecule has 0 aromatic heterocycles. The largest absolute Gasteiger partial charge is 0.480 e. The van der Waals surface area contributed by atoms with Gasteiger partial charge in [-0.3, -0.25) is 9.59 Å². The standard InChI is InChI=1S/C7H11NO6S.ClH/c1-4(9)13-3-14-7(12)15-2-5(8)6(10)11;/h5H,2-3,8H2,1H3,(H,10,11);1H/t5-;/m0./s1. The molecule has 94 valence electrons. The van der Waals surface area contributed by atoms with Gasteiger partial charge >= 0.3 is 17.2 Å². The molecule has 0 radical (unpaired) electrons. The first kappa shape index (κ1) is 17.4. The fourth-order valence-electron chi connectivity index (χ4n) is 0.431. The Labute approximate surface area is 102 Å². The van der Waals surface area contributed by atoms with Crippen molar-refractivity contribution in [3.8, 4) is 0 Å². The Hall–Kier alpha value is -0.990. The van der Waals surface area contributed by atoms with Gasteiger partial charge in [0.25, 0.3) is 0 Å². The van der Waals surface area contributed by atoms with Gasteiger partial charge in [0, 0.05) is 12.7 Å². The summed E-state index contributed by atoms with van der Waals surface area (Å²) in [6.45, 7) is 0.685. The van der Waals surface area contributed by atoms with Crippen molar-refractivity contribution in [3.63, 3.8) is 0 Å². The number of thioether (sulfide) groups is 1. The second-order valence-electron chi connectivity index (χ2n) is 2.40. The zero-order valence-corrected chi connectivity index (χ0v) is 10.0. The molecule has 0 saturated heterocycles. The molecule has 0 aliphatic carbocycles. The molecule has 0 fully saturated rings. The number of esters is 1. The van der Waals surface area contributed by atoms with Gasteiger partial charge in [-0.15, -0.1) is 12.4 Å². The van der Waals surface area contributed by atoms with Crippen LogP contribution in [-0.2, 0) is 19.1 Å². The van der Waals surface area contributed by atoms with E-state index in [1.54, 1.807) is 0 Å². The first-order valence-electron chi connectivity index (χ1n) is 3.84. The van der Waals surface area contributed by atoms with E-state index in [4.69, 9.17) is 10.8 Å². The SMILES string of the molecule is CC(=O)OCOC(=O)SC[C@H](N)C(=O)O.Cl. The number of carbonyl (C=O) groups is 3. The van der Waals surface area contributed by atoms with Gasteiger partial charge in [0.05, 0.1) is 0 Å². The highest BCUT2D eigenvalue weighted by Crippen LogP contribution is 2.06. The van der Waals surface area contributed by atoms with E-state index in [2.05, 4.69) is 9.47 Å². The molecule has 16 heavy (non-hydrogen) atoms. The van der Waals surface area contributed by atoms with Gasteiger partial charge in [0.1, 0.15) is 6.04 Å². The van der Waals surface area contributed by atoms with Crippen molar-refractivity contribution in [3.05, 3.63) is 0 Å². The topological polar surface area (TPSA) is 116 Å². The summed E-state index contributed by atoms with van der Waals surface area (Å²) < 4.78 is 8.74. The van der Waals surface area contributed by atoms with Gasteiger partial charge in [-0.2, -0.15) is 0 Å². The summed E-state index contributed by atoms with van der Waals surface area (Å²) in [4.78, 5) is 31.4. The summed E-state index contributed by atoms with van der Waals surface area (Å²) in [5.41, 5.74) is 5.13. The van der Waals surface area contributed by atoms with Crippen molar-refractivity contribution < 1.29 is 29.0 Å². The minimum atomic E-state index is -1.20. The molecular formula is C7H12ClNO6S. The second kappa shape index (κ2) is 9.25. The van der Waals surface area contributed by atoms with E-state index in [0.717, 1.165) is 0 Å². The molecule has 3 N–H and O–H groups in total. The van der Waals surface area contributed by atoms with E-state index in [0.29, 0.717) is 11.8 Å². The molecule has 0 rings (SSSR count). The number of ether oxygens (including phenoxy) is 2. The van der Waals surface area contributed by atoms with Crippen LogP contribution in [0.2, 0.25) is 0 Å². The smallest absolute Gasteiger partial charge is 0.370 e. The lowest BCUT2D eigenvalue weighted by Crippen LogP contribution is -2.33. The summed E-state index contributed by atoms with van der Waals surface area (Å²) in [6, 6.07) is -1.13. The zero-order chi connectivity index (χ0) is 11.8. The zero-order valence-electron chi connectivity index (χ0n) is 8.37. The summed E-state index contributed by atoms with van der Waals surface area (Å²) >= 11 is 0.606. The van der Waals surface area contributed by atoms with E-state index in [1.807, 2.05) is 0 Å². The lowest BCUT2D eigenvalue weighted by atomic mass is 10.4. The van der Waals surface area contributed by atoms with Gasteiger partial charge in [-0.1, -0.05) is 0 Å². The predicted octanol–water partition coefficient (Wildman–Crippen LogP) is 0.211. The number of rotatable bonds is 5. The third-order valence-electron chi connectivity index (χ3n) is 1.14. The molecule has 0 aliphatic heterocycles. The maximum atomic E-state index is 10.9. The molecule has 0 bridgehead atoms. The van der Waals surface area contributed by atoms with Crippen LogP contribution in [0.3, 0.4) is 0 Å². The van der Waals surface area contributed by atoms with Crippen LogP contribution in [0.15, 0.2) is 0 Å². The number of aliphatic carboxylic acids is 1. The molecule has 0 amide bonds. The fraction of sp³-hybridized carbons (Fsp3) is 0.571. The maximum absolute atomic E-state index is 10.9. The van der Waals surface area contributed by atoms with Gasteiger partial charge in [0.15, 0.2) is 0 Å². The van der Waals surface area contributed by atoms with E-state index < -0.39 is 30.1 Å². The first-order chi connectivity index (χ1) is 6.93. The highest BCUT2D eigenvalue weighted by molar-refractivity contribution is 8.13. The maximum Gasteiger partial charge on any atom is 0.370 e. The van der Waals surface area contributed by atoms with Gasteiger partial charge in [-0.25, -0.2) is 4.79 Å². The third-order valence-corrected chi connectivity index (χ3v) is 2.02. The van der Waals surface area contributed by atoms with Crippen LogP contribution in [0.25, 0.3) is 0 Å². The predicted molar refractivity (Wildman–Crippen MR) is 58.4 cm³/mol. The van der Waals surface area contributed by atoms with E-state index >= 15 is 0 Å². The lowest BCUT2D eigenvalue weighted by Gasteiger charge is -2.05. The Kier molecular flexibility index (Phi) is 10.1. The first-order valence-corrected chi connectivity index (χ1v) is 4.83. The van der Waals surface area contributed by atoms with Crippen LogP contribution in [0, 0.1) is 0 Å². The third kappa shape index (κ3) is 9.56. The number of nitrogens with two attached hydrogens (primary N) is 1. The van der Waals surface area contributed by atoms with E-state index in [1.165, 1.54) is 6.92 Å². The number of carbonyl (C=O) groups excluding carboxylic acids is 2. The van der Waals surface area contributed by atoms with Crippen LogP contribution in [0.5, 0.6) is 0 Å². The van der Waals surface area contributed by atoms with Gasteiger partial charge in [-0.05, 0) is 11.8 Å². The van der Waals surface area contributed by atoms with Crippen LogP contribution in [0.1, 0.15) is 6.92 Å². The number of hydrogen-bond donors (Lipinski definition) is 2. The average molecular weight is 274 g/mol. The summed E-state index contributed by atoms with van der Waals surface area (Å²) in [5, 5.41) is 7.64. The Bertz CT molecular complexity index is 261. The quantitative estimate of drug-likeness (QED) is 0.539. The van der Waals surface area contributed by atoms with Gasteiger partial charge < -0.3 is 20.3 Å². The summed E-state index contributed by atoms with van der Waals surface area (Å²) in [7, 11) is 0. The molecule has 0 aromatic carbocycles. The molecule has 1 atom stereocenters. The molecule has 0 heterocycles. The minimum Gasteiger partial charge on any atom is -0.480 e. The van der Waals surface area contributed by atoms with Crippen molar-refractivity contribution >= 4 is 41.4 Å². The molecule has 0 spiro atoms. The monoisotopic (exact) mass is 273 g/mol. The number of halogens is 1. The molecule has 7 nitrogen and oxygen atoms in total. The van der Waals surface area contributed by atoms with Crippen molar-refractivity contribution in [1.82, 2.24) is 0 Å². The normalized spacial score (nSPS) is 10.9. The highest BCUT2D eigenvalue weighted by atomic mass is 35.5. The van der Waals surface area contributed by atoms with Crippen LogP contribution in [0.4, 0.5) is 4.79 Å². The van der Waals surface area contributed by atoms with Crippen LogP contribution >= 0.6 is 24.2 Å². The van der Waals surface area contributed by atoms with Crippen molar-refractivity contribution in [2.45, 2.75) is 13.0 Å². The van der Waals surface area contributed by atoms with Crippen molar-refractivity contribution in [2.24, 2.45) is 5.73 Å². The fourth-order valence-corrected chi connectivity index (χ4v) is 1.02. The number of carboxylic acid groups (broad SMARTS) is 1. The van der Waals surface area contributed by atoms with Crippen LogP contribution < -0.4 is 5.73 Å². The number of carboxylic acids is 1. The Morgan fingerprint density at radius 3 is 2.38 bits per heavy atom. The van der Waals surface area contributed by atoms with E-state index in [9.17, 15) is 14.4 Å². The highest BCUT2D eigenvalue weighted by Gasteiger charge is 2.14. The summed E-state index contributed by atoms with van der Waals surface area (Å²) in [5.74, 6) is -1.88. The number of hydrogen-bond acceptors (Lipinski definition) is 7. The van der Waals surface area contributed by atoms with Crippen molar-refractivity contribution in [1.29, 1.82) is 0 Å². The molecule has 0 aromatic rings. The van der Waals surface area contributed by atoms with E-state index in [-0.39, 0.29) is 18.2 Å². The Balaban J connectivity index is 0. The Morgan fingerprint density at radius 1 is 1.38 bits per heavy atom. The lowest BCUT2D eigenvalue weighted by molar-refractivity contribution is -0.148. The molecule has 0 unspecified atom stereocenters. The Morgan fingerprint density at radius 2 is 1.94 bits per heavy atom. The summed E-state index contributed by atoms with van der Waals surface area (Å²) in [6.07, 6.45) is 0. The molecule has 9 heteroatoms. The molecule has 0 aliphatic rings. The molecule has 0 saturated carbocycles.